The van der Waals surface area contributed by atoms with Crippen molar-refractivity contribution in [1.29, 1.82) is 0 Å². The van der Waals surface area contributed by atoms with Crippen LogP contribution in [0.25, 0.3) is 6.08 Å². The standard InChI is InChI=1S/C27H37N3O3/c1-4-5-6-7-8-9-15-33-27(32)13-12-22-19(2)24(29-20(22)3)17-25-21(18-31)16-26(30-25)23-11-10-14-28-23/h10-11,14,16-17,28-29,31H,4-9,12-13,15,18H2,1-3H3. The van der Waals surface area contributed by atoms with Gasteiger partial charge in [0, 0.05) is 29.6 Å². The number of hydrogen-bond donors (Lipinski definition) is 3. The molecule has 178 valence electrons. The molecule has 0 saturated heterocycles. The number of H-pyrrole nitrogens is 2. The van der Waals surface area contributed by atoms with Crippen molar-refractivity contribution in [3.8, 4) is 0 Å². The van der Waals surface area contributed by atoms with E-state index in [0.29, 0.717) is 19.4 Å². The number of hydrogen-bond acceptors (Lipinski definition) is 4. The highest BCUT2D eigenvalue weighted by molar-refractivity contribution is 6.11. The van der Waals surface area contributed by atoms with Crippen LogP contribution in [-0.4, -0.2) is 40.0 Å². The molecule has 0 unspecified atom stereocenters. The first-order valence-corrected chi connectivity index (χ1v) is 12.1. The second kappa shape index (κ2) is 12.4. The minimum Gasteiger partial charge on any atom is -0.466 e. The van der Waals surface area contributed by atoms with Gasteiger partial charge in [0.05, 0.1) is 30.3 Å². The predicted molar refractivity (Wildman–Crippen MR) is 133 cm³/mol. The molecule has 0 atom stereocenters. The summed E-state index contributed by atoms with van der Waals surface area (Å²) in [4.78, 5) is 23.5. The number of nitrogens with zero attached hydrogens (tertiary/aromatic N) is 1. The van der Waals surface area contributed by atoms with Crippen LogP contribution in [0.5, 0.6) is 0 Å². The number of aryl methyl sites for hydroxylation is 1. The average molecular weight is 452 g/mol. The van der Waals surface area contributed by atoms with Crippen molar-refractivity contribution in [2.24, 2.45) is 4.99 Å². The van der Waals surface area contributed by atoms with Crippen LogP contribution in [0.3, 0.4) is 0 Å². The average Bonchev–Trinajstić information content (AvgIpc) is 3.52. The number of unbranched alkanes of at least 4 members (excludes halogenated alkanes) is 5. The quantitative estimate of drug-likeness (QED) is 0.275. The minimum absolute atomic E-state index is 0.0738. The van der Waals surface area contributed by atoms with Gasteiger partial charge >= 0.3 is 5.97 Å². The number of aliphatic hydroxyl groups is 1. The summed E-state index contributed by atoms with van der Waals surface area (Å²) in [6.07, 6.45) is 13.8. The van der Waals surface area contributed by atoms with E-state index in [9.17, 15) is 9.90 Å². The Bertz CT molecular complexity index is 1010. The molecule has 6 heteroatoms. The van der Waals surface area contributed by atoms with E-state index in [4.69, 9.17) is 9.73 Å². The number of ether oxygens (including phenoxy) is 1. The summed E-state index contributed by atoms with van der Waals surface area (Å²) in [5.74, 6) is -0.134. The van der Waals surface area contributed by atoms with Crippen LogP contribution < -0.4 is 0 Å². The lowest BCUT2D eigenvalue weighted by molar-refractivity contribution is -0.143. The molecule has 0 radical (unpaired) electrons. The topological polar surface area (TPSA) is 90.5 Å². The summed E-state index contributed by atoms with van der Waals surface area (Å²) in [5.41, 5.74) is 7.50. The molecule has 33 heavy (non-hydrogen) atoms. The maximum Gasteiger partial charge on any atom is 0.306 e. The van der Waals surface area contributed by atoms with Gasteiger partial charge in [0.15, 0.2) is 0 Å². The van der Waals surface area contributed by atoms with Gasteiger partial charge in [-0.25, -0.2) is 4.99 Å². The molecule has 0 bridgehead atoms. The Labute approximate surface area is 196 Å². The maximum atomic E-state index is 12.2. The third kappa shape index (κ3) is 6.81. The number of esters is 1. The molecule has 0 aromatic carbocycles. The molecule has 2 aromatic rings. The van der Waals surface area contributed by atoms with Crippen LogP contribution in [0.1, 0.15) is 80.1 Å². The Kier molecular flexibility index (Phi) is 9.31. The first-order valence-electron chi connectivity index (χ1n) is 12.1. The van der Waals surface area contributed by atoms with E-state index in [0.717, 1.165) is 58.0 Å². The fourth-order valence-corrected chi connectivity index (χ4v) is 4.19. The van der Waals surface area contributed by atoms with Crippen molar-refractivity contribution in [2.45, 2.75) is 72.1 Å². The molecule has 0 fully saturated rings. The number of aliphatic imine (C=N–C) groups is 1. The highest BCUT2D eigenvalue weighted by atomic mass is 16.5. The molecule has 0 spiro atoms. The Morgan fingerprint density at radius 3 is 2.70 bits per heavy atom. The number of carbonyl (C=O) groups is 1. The molecule has 3 N–H and O–H groups in total. The minimum atomic E-state index is -0.134. The van der Waals surface area contributed by atoms with E-state index < -0.39 is 0 Å². The van der Waals surface area contributed by atoms with Gasteiger partial charge in [-0.3, -0.25) is 4.79 Å². The summed E-state index contributed by atoms with van der Waals surface area (Å²) in [7, 11) is 0. The lowest BCUT2D eigenvalue weighted by Gasteiger charge is -2.06. The lowest BCUT2D eigenvalue weighted by Crippen LogP contribution is -2.07. The monoisotopic (exact) mass is 451 g/mol. The van der Waals surface area contributed by atoms with Crippen molar-refractivity contribution in [3.05, 3.63) is 63.9 Å². The number of allylic oxidation sites excluding steroid dienone is 1. The van der Waals surface area contributed by atoms with E-state index in [1.165, 1.54) is 25.7 Å². The molecular formula is C27H37N3O3. The molecule has 2 aromatic heterocycles. The Hall–Kier alpha value is -2.86. The van der Waals surface area contributed by atoms with Gasteiger partial charge in [-0.1, -0.05) is 39.0 Å². The first kappa shape index (κ1) is 24.8. The second-order valence-electron chi connectivity index (χ2n) is 8.69. The van der Waals surface area contributed by atoms with Crippen LogP contribution in [0.15, 0.2) is 40.7 Å². The molecule has 1 aliphatic rings. The number of nitrogens with one attached hydrogen (secondary N) is 2. The maximum absolute atomic E-state index is 12.2. The molecule has 0 aliphatic carbocycles. The molecule has 3 heterocycles. The first-order chi connectivity index (χ1) is 16.0. The van der Waals surface area contributed by atoms with Crippen molar-refractivity contribution in [2.75, 3.05) is 13.2 Å². The van der Waals surface area contributed by atoms with Gasteiger partial charge in [0.1, 0.15) is 0 Å². The van der Waals surface area contributed by atoms with E-state index in [2.05, 4.69) is 23.8 Å². The van der Waals surface area contributed by atoms with Crippen molar-refractivity contribution >= 4 is 17.8 Å². The number of aromatic amines is 2. The van der Waals surface area contributed by atoms with Crippen LogP contribution in [0, 0.1) is 13.8 Å². The molecule has 1 aliphatic heterocycles. The smallest absolute Gasteiger partial charge is 0.306 e. The molecular weight excluding hydrogens is 414 g/mol. The van der Waals surface area contributed by atoms with E-state index in [-0.39, 0.29) is 12.6 Å². The van der Waals surface area contributed by atoms with Crippen molar-refractivity contribution < 1.29 is 14.6 Å². The van der Waals surface area contributed by atoms with Gasteiger partial charge in [0.25, 0.3) is 0 Å². The van der Waals surface area contributed by atoms with Crippen LogP contribution >= 0.6 is 0 Å². The van der Waals surface area contributed by atoms with Crippen LogP contribution in [0.4, 0.5) is 0 Å². The normalized spacial score (nSPS) is 14.6. The fourth-order valence-electron chi connectivity index (χ4n) is 4.19. The third-order valence-corrected chi connectivity index (χ3v) is 6.18. The number of rotatable bonds is 13. The van der Waals surface area contributed by atoms with Crippen molar-refractivity contribution in [1.82, 2.24) is 9.97 Å². The summed E-state index contributed by atoms with van der Waals surface area (Å²) < 4.78 is 5.42. The van der Waals surface area contributed by atoms with E-state index in [1.54, 1.807) is 0 Å². The van der Waals surface area contributed by atoms with Crippen LogP contribution in [0.2, 0.25) is 0 Å². The van der Waals surface area contributed by atoms with Gasteiger partial charge in [-0.2, -0.15) is 0 Å². The summed E-state index contributed by atoms with van der Waals surface area (Å²) in [6, 6.07) is 3.89. The van der Waals surface area contributed by atoms with Crippen LogP contribution in [-0.2, 0) is 16.0 Å². The number of aromatic nitrogens is 2. The van der Waals surface area contributed by atoms with E-state index in [1.807, 2.05) is 37.4 Å². The predicted octanol–water partition coefficient (Wildman–Crippen LogP) is 5.56. The Balaban J connectivity index is 1.57. The molecule has 3 rings (SSSR count). The van der Waals surface area contributed by atoms with E-state index >= 15 is 0 Å². The number of aliphatic hydroxyl groups excluding tert-OH is 1. The summed E-state index contributed by atoms with van der Waals surface area (Å²) in [6.45, 7) is 6.74. The zero-order valence-electron chi connectivity index (χ0n) is 20.2. The Morgan fingerprint density at radius 2 is 1.97 bits per heavy atom. The third-order valence-electron chi connectivity index (χ3n) is 6.18. The highest BCUT2D eigenvalue weighted by Gasteiger charge is 2.18. The second-order valence-corrected chi connectivity index (χ2v) is 8.69. The number of carbonyl (C=O) groups excluding carboxylic acids is 1. The highest BCUT2D eigenvalue weighted by Crippen LogP contribution is 2.27. The SMILES string of the molecule is CCCCCCCCOC(=O)CCc1c(C)[nH]c(C=C2N=C(c3ccc[nH]3)C=C2CO)c1C. The van der Waals surface area contributed by atoms with Gasteiger partial charge in [-0.15, -0.1) is 0 Å². The summed E-state index contributed by atoms with van der Waals surface area (Å²) in [5, 5.41) is 9.79. The largest absolute Gasteiger partial charge is 0.466 e. The molecule has 6 nitrogen and oxygen atoms in total. The fraction of sp³-hybridized carbons (Fsp3) is 0.481. The zero-order valence-corrected chi connectivity index (χ0v) is 20.2. The van der Waals surface area contributed by atoms with Crippen molar-refractivity contribution in [3.63, 3.8) is 0 Å². The molecule has 0 saturated carbocycles. The lowest BCUT2D eigenvalue weighted by atomic mass is 10.0. The van der Waals surface area contributed by atoms with Gasteiger partial charge < -0.3 is 19.8 Å². The van der Waals surface area contributed by atoms with Gasteiger partial charge in [-0.05, 0) is 62.1 Å². The Morgan fingerprint density at radius 1 is 1.18 bits per heavy atom. The summed E-state index contributed by atoms with van der Waals surface area (Å²) >= 11 is 0. The molecule has 0 amide bonds. The zero-order chi connectivity index (χ0) is 23.6. The van der Waals surface area contributed by atoms with Gasteiger partial charge in [0.2, 0.25) is 0 Å².